The van der Waals surface area contributed by atoms with Crippen molar-refractivity contribution in [1.82, 2.24) is 5.32 Å². The Morgan fingerprint density at radius 1 is 1.73 bits per heavy atom. The van der Waals surface area contributed by atoms with Crippen LogP contribution in [-0.4, -0.2) is 25.8 Å². The van der Waals surface area contributed by atoms with Crippen molar-refractivity contribution in [3.05, 3.63) is 12.7 Å². The van der Waals surface area contributed by atoms with Crippen molar-refractivity contribution in [2.45, 2.75) is 0 Å². The van der Waals surface area contributed by atoms with Crippen LogP contribution in [0.2, 0.25) is 0 Å². The molecule has 0 aliphatic rings. The Bertz CT molecular complexity index is 119. The molecule has 1 amide bonds. The first-order chi connectivity index (χ1) is 4.81. The maximum Gasteiger partial charge on any atom is 0.407 e. The standard InChI is InChI=1S/C6H12N2O2.ClH/c1-2-5-10-6(9)8-4-3-7;/h2H,1,3-5,7H2,(H,8,9);1H. The van der Waals surface area contributed by atoms with Crippen LogP contribution in [0, 0.1) is 0 Å². The molecule has 0 radical (unpaired) electrons. The Hall–Kier alpha value is -0.740. The summed E-state index contributed by atoms with van der Waals surface area (Å²) in [4.78, 5) is 10.5. The fourth-order valence-electron chi connectivity index (χ4n) is 0.360. The summed E-state index contributed by atoms with van der Waals surface area (Å²) in [6.07, 6.45) is 1.05. The number of rotatable bonds is 4. The Kier molecular flexibility index (Phi) is 10.9. The third kappa shape index (κ3) is 9.26. The van der Waals surface area contributed by atoms with Crippen LogP contribution in [0.4, 0.5) is 4.79 Å². The normalized spacial score (nSPS) is 7.73. The highest BCUT2D eigenvalue weighted by molar-refractivity contribution is 5.85. The Labute approximate surface area is 72.2 Å². The van der Waals surface area contributed by atoms with Gasteiger partial charge in [0.1, 0.15) is 6.61 Å². The predicted molar refractivity (Wildman–Crippen MR) is 45.9 cm³/mol. The lowest BCUT2D eigenvalue weighted by Crippen LogP contribution is -2.29. The van der Waals surface area contributed by atoms with Crippen molar-refractivity contribution in [2.75, 3.05) is 19.7 Å². The number of nitrogens with one attached hydrogen (secondary N) is 1. The van der Waals surface area contributed by atoms with E-state index in [-0.39, 0.29) is 19.0 Å². The first-order valence-corrected chi connectivity index (χ1v) is 3.03. The number of alkyl carbamates (subject to hydrolysis) is 1. The van der Waals surface area contributed by atoms with Gasteiger partial charge in [-0.15, -0.1) is 12.4 Å². The SMILES string of the molecule is C=CCOC(=O)NCCN.Cl. The van der Waals surface area contributed by atoms with E-state index in [0.717, 1.165) is 0 Å². The summed E-state index contributed by atoms with van der Waals surface area (Å²) < 4.78 is 4.57. The maximum absolute atomic E-state index is 10.5. The van der Waals surface area contributed by atoms with Gasteiger partial charge in [-0.25, -0.2) is 4.79 Å². The molecule has 0 aliphatic carbocycles. The van der Waals surface area contributed by atoms with Crippen LogP contribution >= 0.6 is 12.4 Å². The van der Waals surface area contributed by atoms with Gasteiger partial charge >= 0.3 is 6.09 Å². The van der Waals surface area contributed by atoms with E-state index in [1.807, 2.05) is 0 Å². The minimum Gasteiger partial charge on any atom is -0.445 e. The van der Waals surface area contributed by atoms with Crippen LogP contribution in [0.3, 0.4) is 0 Å². The third-order valence-corrected chi connectivity index (χ3v) is 0.746. The summed E-state index contributed by atoms with van der Waals surface area (Å²) in [6, 6.07) is 0. The second-order valence-corrected chi connectivity index (χ2v) is 1.60. The highest BCUT2D eigenvalue weighted by Gasteiger charge is 1.95. The molecule has 4 nitrogen and oxygen atoms in total. The quantitative estimate of drug-likeness (QED) is 0.611. The molecule has 5 heteroatoms. The second-order valence-electron chi connectivity index (χ2n) is 1.60. The van der Waals surface area contributed by atoms with Gasteiger partial charge in [0, 0.05) is 13.1 Å². The summed E-state index contributed by atoms with van der Waals surface area (Å²) in [5, 5.41) is 2.43. The van der Waals surface area contributed by atoms with Gasteiger partial charge < -0.3 is 15.8 Å². The molecule has 0 aromatic rings. The molecule has 0 bridgehead atoms. The Balaban J connectivity index is 0. The molecule has 0 spiro atoms. The fraction of sp³-hybridized carbons (Fsp3) is 0.500. The number of hydrogen-bond donors (Lipinski definition) is 2. The average Bonchev–Trinajstić information content (AvgIpc) is 1.97. The summed E-state index contributed by atoms with van der Waals surface area (Å²) in [5.41, 5.74) is 5.12. The summed E-state index contributed by atoms with van der Waals surface area (Å²) in [6.45, 7) is 4.48. The van der Waals surface area contributed by atoms with Crippen LogP contribution in [0.15, 0.2) is 12.7 Å². The van der Waals surface area contributed by atoms with Crippen molar-refractivity contribution in [3.8, 4) is 0 Å². The molecule has 0 fully saturated rings. The summed E-state index contributed by atoms with van der Waals surface area (Å²) in [5.74, 6) is 0. The highest BCUT2D eigenvalue weighted by atomic mass is 35.5. The highest BCUT2D eigenvalue weighted by Crippen LogP contribution is 1.75. The number of carbonyl (C=O) groups excluding carboxylic acids is 1. The van der Waals surface area contributed by atoms with E-state index in [1.54, 1.807) is 0 Å². The van der Waals surface area contributed by atoms with Gasteiger partial charge in [-0.3, -0.25) is 0 Å². The molecule has 0 saturated heterocycles. The van der Waals surface area contributed by atoms with Crippen molar-refractivity contribution in [2.24, 2.45) is 5.73 Å². The molecule has 0 atom stereocenters. The zero-order chi connectivity index (χ0) is 7.82. The van der Waals surface area contributed by atoms with Crippen LogP contribution in [0.1, 0.15) is 0 Å². The van der Waals surface area contributed by atoms with Crippen molar-refractivity contribution < 1.29 is 9.53 Å². The smallest absolute Gasteiger partial charge is 0.407 e. The lowest BCUT2D eigenvalue weighted by atomic mass is 10.6. The predicted octanol–water partition coefficient (Wildman–Crippen LogP) is 0.279. The second kappa shape index (κ2) is 9.26. The molecule has 66 valence electrons. The fourth-order valence-corrected chi connectivity index (χ4v) is 0.360. The van der Waals surface area contributed by atoms with Gasteiger partial charge in [-0.2, -0.15) is 0 Å². The molecule has 0 aromatic heterocycles. The largest absolute Gasteiger partial charge is 0.445 e. The third-order valence-electron chi connectivity index (χ3n) is 0.746. The number of ether oxygens (including phenoxy) is 1. The van der Waals surface area contributed by atoms with Crippen molar-refractivity contribution in [3.63, 3.8) is 0 Å². The van der Waals surface area contributed by atoms with Gasteiger partial charge in [0.25, 0.3) is 0 Å². The van der Waals surface area contributed by atoms with Crippen LogP contribution in [-0.2, 0) is 4.74 Å². The van der Waals surface area contributed by atoms with Gasteiger partial charge in [0.15, 0.2) is 0 Å². The molecule has 11 heavy (non-hydrogen) atoms. The van der Waals surface area contributed by atoms with Crippen molar-refractivity contribution in [1.29, 1.82) is 0 Å². The first-order valence-electron chi connectivity index (χ1n) is 3.03. The minimum atomic E-state index is -0.453. The molecule has 0 unspecified atom stereocenters. The Morgan fingerprint density at radius 3 is 2.82 bits per heavy atom. The van der Waals surface area contributed by atoms with E-state index in [9.17, 15) is 4.79 Å². The number of hydrogen-bond acceptors (Lipinski definition) is 3. The lowest BCUT2D eigenvalue weighted by molar-refractivity contribution is 0.158. The summed E-state index contributed by atoms with van der Waals surface area (Å²) in [7, 11) is 0. The van der Waals surface area contributed by atoms with E-state index >= 15 is 0 Å². The van der Waals surface area contributed by atoms with Gasteiger partial charge in [0.2, 0.25) is 0 Å². The first kappa shape index (κ1) is 12.9. The van der Waals surface area contributed by atoms with E-state index < -0.39 is 6.09 Å². The topological polar surface area (TPSA) is 64.3 Å². The molecule has 0 saturated carbocycles. The molecule has 3 N–H and O–H groups in total. The molecular weight excluding hydrogens is 168 g/mol. The van der Waals surface area contributed by atoms with Crippen LogP contribution in [0.25, 0.3) is 0 Å². The maximum atomic E-state index is 10.5. The van der Waals surface area contributed by atoms with Crippen LogP contribution in [0.5, 0.6) is 0 Å². The van der Waals surface area contributed by atoms with Gasteiger partial charge in [0.05, 0.1) is 0 Å². The molecule has 0 heterocycles. The zero-order valence-corrected chi connectivity index (χ0v) is 7.02. The Morgan fingerprint density at radius 2 is 2.36 bits per heavy atom. The van der Waals surface area contributed by atoms with E-state index in [2.05, 4.69) is 16.6 Å². The van der Waals surface area contributed by atoms with E-state index in [0.29, 0.717) is 13.1 Å². The van der Waals surface area contributed by atoms with Gasteiger partial charge in [-0.05, 0) is 0 Å². The van der Waals surface area contributed by atoms with E-state index in [4.69, 9.17) is 5.73 Å². The van der Waals surface area contributed by atoms with Gasteiger partial charge in [-0.1, -0.05) is 12.7 Å². The summed E-state index contributed by atoms with van der Waals surface area (Å²) >= 11 is 0. The average molecular weight is 181 g/mol. The molecule has 0 aromatic carbocycles. The number of carbonyl (C=O) groups is 1. The number of amides is 1. The molecular formula is C6H13ClN2O2. The monoisotopic (exact) mass is 180 g/mol. The lowest BCUT2D eigenvalue weighted by Gasteiger charge is -2.01. The number of nitrogens with two attached hydrogens (primary N) is 1. The van der Waals surface area contributed by atoms with E-state index in [1.165, 1.54) is 6.08 Å². The molecule has 0 aliphatic heterocycles. The number of halogens is 1. The zero-order valence-electron chi connectivity index (χ0n) is 6.21. The van der Waals surface area contributed by atoms with Crippen molar-refractivity contribution >= 4 is 18.5 Å². The minimum absolute atomic E-state index is 0. The van der Waals surface area contributed by atoms with Crippen LogP contribution < -0.4 is 11.1 Å². The molecule has 0 rings (SSSR count).